The number of hydrogen-bond acceptors (Lipinski definition) is 8. The zero-order valence-electron chi connectivity index (χ0n) is 35.6. The van der Waals surface area contributed by atoms with E-state index < -0.39 is 49.4 Å². The lowest BCUT2D eigenvalue weighted by atomic mass is 9.83. The molecule has 0 unspecified atom stereocenters. The summed E-state index contributed by atoms with van der Waals surface area (Å²) in [4.78, 5) is 40.0. The monoisotopic (exact) mass is 801 g/mol. The van der Waals surface area contributed by atoms with Gasteiger partial charge in [-0.05, 0) is 68.4 Å². The lowest BCUT2D eigenvalue weighted by Crippen LogP contribution is -2.56. The van der Waals surface area contributed by atoms with Crippen molar-refractivity contribution < 1.29 is 43.2 Å². The summed E-state index contributed by atoms with van der Waals surface area (Å²) in [5.41, 5.74) is -1.73. The van der Waals surface area contributed by atoms with E-state index in [1.807, 2.05) is 13.1 Å². The number of aliphatic carboxylic acids is 1. The maximum Gasteiger partial charge on any atom is 0.336 e. The predicted molar refractivity (Wildman–Crippen MR) is 224 cm³/mol. The Labute approximate surface area is 338 Å². The second-order valence-corrected chi connectivity index (χ2v) is 21.3. The van der Waals surface area contributed by atoms with Gasteiger partial charge in [0.15, 0.2) is 19.7 Å². The molecule has 12 heteroatoms. The highest BCUT2D eigenvalue weighted by Gasteiger charge is 2.48. The topological polar surface area (TPSA) is 153 Å². The van der Waals surface area contributed by atoms with Gasteiger partial charge in [-0.3, -0.25) is 9.59 Å². The van der Waals surface area contributed by atoms with Crippen LogP contribution in [0.5, 0.6) is 5.75 Å². The van der Waals surface area contributed by atoms with E-state index >= 15 is 0 Å². The summed E-state index contributed by atoms with van der Waals surface area (Å²) in [7, 11) is -0.813. The van der Waals surface area contributed by atoms with Crippen LogP contribution in [0.25, 0.3) is 0 Å². The molecule has 1 saturated heterocycles. The third-order valence-electron chi connectivity index (χ3n) is 11.1. The molecule has 316 valence electrons. The smallest absolute Gasteiger partial charge is 0.336 e. The minimum atomic E-state index is -2.48. The van der Waals surface area contributed by atoms with Crippen LogP contribution in [-0.2, 0) is 34.7 Å². The third-order valence-corrected chi connectivity index (χ3v) is 15.7. The standard InChI is InChI=1S/C44H72N2O9Si/c1-9-11-13-17-20-27-43(53-32-33-54-43)28-21-18-15-14-16-19-22-37(44(51,41(49)50)29-31-55-56(7,8)42(3,4)5)39(47)46-38(40(48)45-6)34-35-23-25-36(26-24-35)52-30-12-10-2/h19,22-26,37-38,51H,9,11,13-18,20-21,27-34H2,1-8H3,(H,45,48)(H,46,47)(H,49,50)/t37-,38+,44+/m1/s1. The SMILES string of the molecule is CC#CCOc1ccc(C[C@H](NC(=O)[C@@H](C=CCCCCCCC2(CCCCCCC)OCCO2)[C@@](O)(CCO[Si](C)(C)C(C)(C)C)C(=O)O)C(=O)NC)cc1. The Morgan fingerprint density at radius 2 is 1.57 bits per heavy atom. The van der Waals surface area contributed by atoms with Gasteiger partial charge in [0.25, 0.3) is 0 Å². The zero-order valence-corrected chi connectivity index (χ0v) is 36.6. The Morgan fingerprint density at radius 1 is 0.964 bits per heavy atom. The molecule has 11 nitrogen and oxygen atoms in total. The average molecular weight is 801 g/mol. The molecule has 1 aromatic rings. The number of benzene rings is 1. The van der Waals surface area contributed by atoms with Crippen molar-refractivity contribution in [1.82, 2.24) is 10.6 Å². The van der Waals surface area contributed by atoms with Crippen LogP contribution in [0.15, 0.2) is 36.4 Å². The molecule has 56 heavy (non-hydrogen) atoms. The minimum absolute atomic E-state index is 0.0400. The van der Waals surface area contributed by atoms with Crippen LogP contribution in [0, 0.1) is 17.8 Å². The number of carboxylic acids is 1. The van der Waals surface area contributed by atoms with Gasteiger partial charge in [0.05, 0.1) is 19.1 Å². The van der Waals surface area contributed by atoms with Gasteiger partial charge in [0, 0.05) is 39.3 Å². The Kier molecular flexibility index (Phi) is 21.4. The van der Waals surface area contributed by atoms with Crippen LogP contribution in [0.3, 0.4) is 0 Å². The van der Waals surface area contributed by atoms with Gasteiger partial charge in [-0.1, -0.05) is 96.4 Å². The lowest BCUT2D eigenvalue weighted by molar-refractivity contribution is -0.168. The maximum atomic E-state index is 14.1. The molecule has 1 aliphatic rings. The second kappa shape index (κ2) is 24.5. The van der Waals surface area contributed by atoms with Gasteiger partial charge < -0.3 is 39.5 Å². The average Bonchev–Trinajstić information content (AvgIpc) is 3.62. The predicted octanol–water partition coefficient (Wildman–Crippen LogP) is 7.71. The number of carbonyl (C=O) groups is 3. The van der Waals surface area contributed by atoms with E-state index in [1.165, 1.54) is 38.8 Å². The fraction of sp³-hybridized carbons (Fsp3) is 0.705. The van der Waals surface area contributed by atoms with Crippen LogP contribution in [0.1, 0.15) is 124 Å². The summed E-state index contributed by atoms with van der Waals surface area (Å²) in [6.07, 6.45) is 15.2. The van der Waals surface area contributed by atoms with Crippen LogP contribution in [-0.4, -0.2) is 87.2 Å². The second-order valence-electron chi connectivity index (χ2n) is 16.5. The first-order valence-corrected chi connectivity index (χ1v) is 23.6. The summed E-state index contributed by atoms with van der Waals surface area (Å²) in [6.45, 7) is 15.8. The molecule has 1 aromatic carbocycles. The molecule has 1 aliphatic heterocycles. The molecule has 0 bridgehead atoms. The molecule has 0 spiro atoms. The molecule has 1 heterocycles. The lowest BCUT2D eigenvalue weighted by Gasteiger charge is -2.37. The van der Waals surface area contributed by atoms with E-state index in [0.29, 0.717) is 25.4 Å². The number of nitrogens with one attached hydrogen (secondary N) is 2. The molecule has 4 N–H and O–H groups in total. The maximum absolute atomic E-state index is 14.1. The number of unbranched alkanes of at least 4 members (excludes halogenated alkanes) is 8. The molecular weight excluding hydrogens is 729 g/mol. The highest BCUT2D eigenvalue weighted by atomic mass is 28.4. The van der Waals surface area contributed by atoms with E-state index in [1.54, 1.807) is 37.3 Å². The molecule has 0 radical (unpaired) electrons. The number of hydrogen-bond donors (Lipinski definition) is 4. The molecule has 0 saturated carbocycles. The first-order valence-electron chi connectivity index (χ1n) is 20.7. The van der Waals surface area contributed by atoms with Crippen LogP contribution < -0.4 is 15.4 Å². The number of carboxylic acid groups (broad SMARTS) is 1. The van der Waals surface area contributed by atoms with E-state index in [9.17, 15) is 24.6 Å². The van der Waals surface area contributed by atoms with Crippen molar-refractivity contribution in [1.29, 1.82) is 0 Å². The van der Waals surface area contributed by atoms with Crippen LogP contribution in [0.2, 0.25) is 18.1 Å². The van der Waals surface area contributed by atoms with E-state index in [-0.39, 0.29) is 31.1 Å². The third kappa shape index (κ3) is 16.3. The molecule has 3 atom stereocenters. The fourth-order valence-corrected chi connectivity index (χ4v) is 7.53. The van der Waals surface area contributed by atoms with Crippen LogP contribution >= 0.6 is 0 Å². The van der Waals surface area contributed by atoms with Crippen molar-refractivity contribution in [3.63, 3.8) is 0 Å². The van der Waals surface area contributed by atoms with Crippen molar-refractivity contribution in [2.75, 3.05) is 33.5 Å². The van der Waals surface area contributed by atoms with E-state index in [4.69, 9.17) is 18.6 Å². The fourth-order valence-electron chi connectivity index (χ4n) is 6.48. The van der Waals surface area contributed by atoms with E-state index in [2.05, 4.69) is 50.2 Å². The van der Waals surface area contributed by atoms with Crippen LogP contribution in [0.4, 0.5) is 0 Å². The number of aliphatic hydroxyl groups is 1. The Morgan fingerprint density at radius 3 is 2.12 bits per heavy atom. The number of ether oxygens (including phenoxy) is 3. The van der Waals surface area contributed by atoms with Gasteiger partial charge >= 0.3 is 5.97 Å². The summed E-state index contributed by atoms with van der Waals surface area (Å²) in [6, 6.07) is 6.08. The minimum Gasteiger partial charge on any atom is -0.481 e. The largest absolute Gasteiger partial charge is 0.481 e. The molecule has 1 fully saturated rings. The number of carbonyl (C=O) groups excluding carboxylic acids is 2. The van der Waals surface area contributed by atoms with Crippen molar-refractivity contribution in [3.05, 3.63) is 42.0 Å². The summed E-state index contributed by atoms with van der Waals surface area (Å²) in [5.74, 6) is 1.53. The highest BCUT2D eigenvalue weighted by molar-refractivity contribution is 6.74. The number of likely N-dealkylation sites (N-methyl/N-ethyl adjacent to an activating group) is 1. The van der Waals surface area contributed by atoms with Crippen molar-refractivity contribution in [3.8, 4) is 17.6 Å². The normalized spacial score (nSPS) is 16.4. The summed E-state index contributed by atoms with van der Waals surface area (Å²) in [5, 5.41) is 27.5. The first-order chi connectivity index (χ1) is 26.5. The summed E-state index contributed by atoms with van der Waals surface area (Å²) < 4.78 is 24.0. The van der Waals surface area contributed by atoms with E-state index in [0.717, 1.165) is 50.5 Å². The van der Waals surface area contributed by atoms with Gasteiger partial charge in [0.1, 0.15) is 18.4 Å². The molecule has 2 rings (SSSR count). The Bertz CT molecular complexity index is 1420. The quantitative estimate of drug-likeness (QED) is 0.0304. The number of allylic oxidation sites excluding steroid dienone is 1. The van der Waals surface area contributed by atoms with Crippen molar-refractivity contribution in [2.45, 2.75) is 160 Å². The zero-order chi connectivity index (χ0) is 41.7. The molecular formula is C44H72N2O9Si. The molecule has 2 amide bonds. The Balaban J connectivity index is 2.17. The molecule has 0 aromatic heterocycles. The van der Waals surface area contributed by atoms with Gasteiger partial charge in [-0.25, -0.2) is 4.79 Å². The Hall–Kier alpha value is -3.21. The van der Waals surface area contributed by atoms with Crippen molar-refractivity contribution in [2.24, 2.45) is 5.92 Å². The van der Waals surface area contributed by atoms with Gasteiger partial charge in [-0.2, -0.15) is 0 Å². The number of amides is 2. The van der Waals surface area contributed by atoms with Gasteiger partial charge in [0.2, 0.25) is 11.8 Å². The number of rotatable bonds is 27. The highest BCUT2D eigenvalue weighted by Crippen LogP contribution is 2.37. The van der Waals surface area contributed by atoms with Gasteiger partial charge in [-0.15, -0.1) is 5.92 Å². The first kappa shape index (κ1) is 48.9. The molecule has 0 aliphatic carbocycles. The summed E-state index contributed by atoms with van der Waals surface area (Å²) >= 11 is 0. The van der Waals surface area contributed by atoms with Crippen molar-refractivity contribution >= 4 is 26.1 Å².